The van der Waals surface area contributed by atoms with E-state index in [0.29, 0.717) is 13.2 Å². The summed E-state index contributed by atoms with van der Waals surface area (Å²) in [7, 11) is 0. The lowest BCUT2D eigenvalue weighted by molar-refractivity contribution is 0.118. The highest BCUT2D eigenvalue weighted by atomic mass is 16.5. The summed E-state index contributed by atoms with van der Waals surface area (Å²) < 4.78 is 10.2. The van der Waals surface area contributed by atoms with Crippen LogP contribution in [0.15, 0.2) is 45.8 Å². The van der Waals surface area contributed by atoms with E-state index >= 15 is 0 Å². The maximum absolute atomic E-state index is 10.7. The molecule has 4 nitrogen and oxygen atoms in total. The number of benzene rings is 1. The molecule has 0 atom stereocenters. The number of H-pyrrole nitrogens is 1. The van der Waals surface area contributed by atoms with Crippen LogP contribution in [-0.4, -0.2) is 11.6 Å². The molecule has 0 saturated carbocycles. The van der Waals surface area contributed by atoms with Crippen LogP contribution >= 0.6 is 0 Å². The van der Waals surface area contributed by atoms with Gasteiger partial charge in [0.05, 0.1) is 12.3 Å². The predicted octanol–water partition coefficient (Wildman–Crippen LogP) is 2.12. The number of aromatic amines is 1. The molecule has 0 aliphatic heterocycles. The summed E-state index contributed by atoms with van der Waals surface area (Å²) in [5, 5.41) is 0. The third-order valence-electron chi connectivity index (χ3n) is 2.42. The van der Waals surface area contributed by atoms with Gasteiger partial charge in [0, 0.05) is 6.61 Å². The summed E-state index contributed by atoms with van der Waals surface area (Å²) >= 11 is 0. The van der Waals surface area contributed by atoms with E-state index in [0.717, 1.165) is 18.5 Å². The topological polar surface area (TPSA) is 55.2 Å². The Morgan fingerprint density at radius 2 is 2.06 bits per heavy atom. The molecule has 0 fully saturated rings. The Morgan fingerprint density at radius 3 is 2.76 bits per heavy atom. The first-order valence-corrected chi connectivity index (χ1v) is 5.63. The average Bonchev–Trinajstić information content (AvgIpc) is 2.76. The van der Waals surface area contributed by atoms with Gasteiger partial charge in [-0.05, 0) is 18.4 Å². The van der Waals surface area contributed by atoms with Gasteiger partial charge in [0.1, 0.15) is 6.26 Å². The Balaban J connectivity index is 1.62. The Kier molecular flexibility index (Phi) is 4.16. The lowest BCUT2D eigenvalue weighted by Crippen LogP contribution is -2.00. The third-order valence-corrected chi connectivity index (χ3v) is 2.42. The van der Waals surface area contributed by atoms with Crippen LogP contribution < -0.4 is 5.76 Å². The van der Waals surface area contributed by atoms with E-state index in [1.807, 2.05) is 30.3 Å². The minimum atomic E-state index is -0.398. The van der Waals surface area contributed by atoms with Crippen LogP contribution in [0, 0.1) is 0 Å². The van der Waals surface area contributed by atoms with Crippen LogP contribution in [0.4, 0.5) is 0 Å². The molecule has 1 aromatic heterocycles. The summed E-state index contributed by atoms with van der Waals surface area (Å²) in [5.74, 6) is -0.398. The van der Waals surface area contributed by atoms with E-state index < -0.39 is 5.76 Å². The number of nitrogens with one attached hydrogen (secondary N) is 1. The van der Waals surface area contributed by atoms with Gasteiger partial charge in [-0.25, -0.2) is 4.79 Å². The van der Waals surface area contributed by atoms with Gasteiger partial charge < -0.3 is 9.15 Å². The molecule has 0 amide bonds. The van der Waals surface area contributed by atoms with E-state index in [1.54, 1.807) is 0 Å². The van der Waals surface area contributed by atoms with Gasteiger partial charge in [-0.15, -0.1) is 0 Å². The van der Waals surface area contributed by atoms with E-state index in [1.165, 1.54) is 11.8 Å². The molecule has 0 unspecified atom stereocenters. The van der Waals surface area contributed by atoms with Crippen LogP contribution in [-0.2, 0) is 17.8 Å². The highest BCUT2D eigenvalue weighted by molar-refractivity contribution is 5.13. The second-order valence-electron chi connectivity index (χ2n) is 3.82. The van der Waals surface area contributed by atoms with E-state index in [4.69, 9.17) is 4.74 Å². The molecule has 0 aliphatic rings. The molecule has 0 spiro atoms. The zero-order valence-electron chi connectivity index (χ0n) is 9.52. The van der Waals surface area contributed by atoms with Crippen molar-refractivity contribution in [1.82, 2.24) is 4.98 Å². The molecule has 2 aromatic rings. The maximum Gasteiger partial charge on any atom is 0.416 e. The number of hydrogen-bond acceptors (Lipinski definition) is 3. The molecule has 1 heterocycles. The van der Waals surface area contributed by atoms with Gasteiger partial charge >= 0.3 is 5.76 Å². The number of oxazole rings is 1. The number of hydrogen-bond donors (Lipinski definition) is 1. The molecule has 90 valence electrons. The first-order valence-electron chi connectivity index (χ1n) is 5.63. The predicted molar refractivity (Wildman–Crippen MR) is 63.7 cm³/mol. The minimum Gasteiger partial charge on any atom is -0.416 e. The van der Waals surface area contributed by atoms with Crippen molar-refractivity contribution in [2.75, 3.05) is 6.61 Å². The van der Waals surface area contributed by atoms with Crippen molar-refractivity contribution in [2.24, 2.45) is 0 Å². The van der Waals surface area contributed by atoms with Crippen molar-refractivity contribution in [1.29, 1.82) is 0 Å². The molecule has 4 heteroatoms. The number of ether oxygens (including phenoxy) is 1. The van der Waals surface area contributed by atoms with Crippen molar-refractivity contribution >= 4 is 0 Å². The summed E-state index contributed by atoms with van der Waals surface area (Å²) in [6, 6.07) is 10.0. The molecule has 1 N–H and O–H groups in total. The molecular weight excluding hydrogens is 218 g/mol. The van der Waals surface area contributed by atoms with E-state index in [9.17, 15) is 4.79 Å². The fraction of sp³-hybridized carbons (Fsp3) is 0.308. The Morgan fingerprint density at radius 1 is 1.24 bits per heavy atom. The van der Waals surface area contributed by atoms with Gasteiger partial charge in [0.25, 0.3) is 0 Å². The normalized spacial score (nSPS) is 10.6. The smallest absolute Gasteiger partial charge is 0.416 e. The number of aryl methyl sites for hydroxylation is 1. The minimum absolute atomic E-state index is 0.398. The van der Waals surface area contributed by atoms with Gasteiger partial charge in [0.15, 0.2) is 0 Å². The largest absolute Gasteiger partial charge is 0.416 e. The second-order valence-corrected chi connectivity index (χ2v) is 3.82. The fourth-order valence-corrected chi connectivity index (χ4v) is 1.57. The molecule has 0 radical (unpaired) electrons. The van der Waals surface area contributed by atoms with Crippen molar-refractivity contribution < 1.29 is 9.15 Å². The molecule has 0 aliphatic carbocycles. The Labute approximate surface area is 99.2 Å². The first-order chi connectivity index (χ1) is 8.34. The van der Waals surface area contributed by atoms with Crippen LogP contribution in [0.2, 0.25) is 0 Å². The Hall–Kier alpha value is -1.81. The molecule has 1 aromatic carbocycles. The second kappa shape index (κ2) is 6.06. The summed E-state index contributed by atoms with van der Waals surface area (Å²) in [4.78, 5) is 13.3. The van der Waals surface area contributed by atoms with Crippen molar-refractivity contribution in [3.63, 3.8) is 0 Å². The zero-order chi connectivity index (χ0) is 11.9. The SMILES string of the molecule is O=c1[nH]c(CCCOCc2ccccc2)co1. The van der Waals surface area contributed by atoms with Gasteiger partial charge in [-0.1, -0.05) is 30.3 Å². The molecule has 2 rings (SSSR count). The van der Waals surface area contributed by atoms with Gasteiger partial charge in [0.2, 0.25) is 0 Å². The van der Waals surface area contributed by atoms with E-state index in [2.05, 4.69) is 9.40 Å². The zero-order valence-corrected chi connectivity index (χ0v) is 9.52. The summed E-state index contributed by atoms with van der Waals surface area (Å²) in [6.07, 6.45) is 3.09. The first kappa shape index (κ1) is 11.7. The number of rotatable bonds is 6. The maximum atomic E-state index is 10.7. The molecule has 0 bridgehead atoms. The van der Waals surface area contributed by atoms with Crippen LogP contribution in [0.3, 0.4) is 0 Å². The molecule has 17 heavy (non-hydrogen) atoms. The number of aromatic nitrogens is 1. The van der Waals surface area contributed by atoms with Crippen LogP contribution in [0.5, 0.6) is 0 Å². The lowest BCUT2D eigenvalue weighted by Gasteiger charge is -2.03. The third kappa shape index (κ3) is 3.92. The van der Waals surface area contributed by atoms with Gasteiger partial charge in [-0.3, -0.25) is 4.98 Å². The quantitative estimate of drug-likeness (QED) is 0.777. The van der Waals surface area contributed by atoms with Crippen LogP contribution in [0.1, 0.15) is 17.7 Å². The monoisotopic (exact) mass is 233 g/mol. The lowest BCUT2D eigenvalue weighted by atomic mass is 10.2. The van der Waals surface area contributed by atoms with Crippen molar-refractivity contribution in [3.05, 3.63) is 58.4 Å². The van der Waals surface area contributed by atoms with Gasteiger partial charge in [-0.2, -0.15) is 0 Å². The van der Waals surface area contributed by atoms with Crippen LogP contribution in [0.25, 0.3) is 0 Å². The Bertz CT molecular complexity index is 487. The standard InChI is InChI=1S/C13H15NO3/c15-13-14-12(10-17-13)7-4-8-16-9-11-5-2-1-3-6-11/h1-3,5-6,10H,4,7-9H2,(H,14,15). The average molecular weight is 233 g/mol. The summed E-state index contributed by atoms with van der Waals surface area (Å²) in [5.41, 5.74) is 1.99. The highest BCUT2D eigenvalue weighted by Crippen LogP contribution is 2.02. The molecular formula is C13H15NO3. The van der Waals surface area contributed by atoms with Crippen molar-refractivity contribution in [2.45, 2.75) is 19.4 Å². The highest BCUT2D eigenvalue weighted by Gasteiger charge is 1.98. The molecule has 0 saturated heterocycles. The van der Waals surface area contributed by atoms with E-state index in [-0.39, 0.29) is 0 Å². The summed E-state index contributed by atoms with van der Waals surface area (Å²) in [6.45, 7) is 1.30. The fourth-order valence-electron chi connectivity index (χ4n) is 1.57. The van der Waals surface area contributed by atoms with Crippen molar-refractivity contribution in [3.8, 4) is 0 Å².